The number of aliphatic carboxylic acids is 1. The second-order valence-corrected chi connectivity index (χ2v) is 4.56. The first-order chi connectivity index (χ1) is 8.13. The zero-order valence-electron chi connectivity index (χ0n) is 10.4. The van der Waals surface area contributed by atoms with E-state index in [9.17, 15) is 9.59 Å². The summed E-state index contributed by atoms with van der Waals surface area (Å²) in [7, 11) is 0. The summed E-state index contributed by atoms with van der Waals surface area (Å²) in [5, 5.41) is 8.49. The minimum Gasteiger partial charge on any atom is -0.478 e. The fraction of sp³-hybridized carbons (Fsp3) is 0.692. The van der Waals surface area contributed by atoms with Crippen molar-refractivity contribution in [2.24, 2.45) is 5.92 Å². The third-order valence-electron chi connectivity index (χ3n) is 3.21. The van der Waals surface area contributed by atoms with Gasteiger partial charge < -0.3 is 10.0 Å². The van der Waals surface area contributed by atoms with Crippen molar-refractivity contribution >= 4 is 11.9 Å². The van der Waals surface area contributed by atoms with Gasteiger partial charge in [-0.1, -0.05) is 25.8 Å². The van der Waals surface area contributed by atoms with E-state index in [1.54, 1.807) is 11.0 Å². The van der Waals surface area contributed by atoms with E-state index in [0.717, 1.165) is 31.9 Å². The van der Waals surface area contributed by atoms with Gasteiger partial charge in [0.2, 0.25) is 5.91 Å². The topological polar surface area (TPSA) is 57.6 Å². The van der Waals surface area contributed by atoms with Crippen LogP contribution >= 0.6 is 0 Å². The SMILES string of the molecule is CCCC1CCC(=O)N(CC=CC(=O)O)CC1. The van der Waals surface area contributed by atoms with Crippen molar-refractivity contribution in [3.63, 3.8) is 0 Å². The van der Waals surface area contributed by atoms with E-state index in [4.69, 9.17) is 5.11 Å². The third-order valence-corrected chi connectivity index (χ3v) is 3.21. The minimum absolute atomic E-state index is 0.152. The molecule has 0 bridgehead atoms. The average molecular weight is 239 g/mol. The van der Waals surface area contributed by atoms with E-state index < -0.39 is 5.97 Å². The number of nitrogens with zero attached hydrogens (tertiary/aromatic N) is 1. The number of amides is 1. The molecule has 1 rings (SSSR count). The van der Waals surface area contributed by atoms with E-state index in [2.05, 4.69) is 6.92 Å². The van der Waals surface area contributed by atoms with E-state index in [1.807, 2.05) is 0 Å². The molecule has 0 aromatic carbocycles. The minimum atomic E-state index is -0.962. The van der Waals surface area contributed by atoms with Crippen molar-refractivity contribution in [1.29, 1.82) is 0 Å². The lowest BCUT2D eigenvalue weighted by atomic mass is 9.96. The smallest absolute Gasteiger partial charge is 0.328 e. The molecule has 1 N–H and O–H groups in total. The fourth-order valence-electron chi connectivity index (χ4n) is 2.26. The summed E-state index contributed by atoms with van der Waals surface area (Å²) in [6.45, 7) is 3.34. The molecule has 0 aromatic heterocycles. The predicted octanol–water partition coefficient (Wildman–Crippen LogP) is 2.06. The summed E-state index contributed by atoms with van der Waals surface area (Å²) in [5.74, 6) is -0.160. The maximum Gasteiger partial charge on any atom is 0.328 e. The number of carboxylic acid groups (broad SMARTS) is 1. The van der Waals surface area contributed by atoms with Gasteiger partial charge in [-0.05, 0) is 18.8 Å². The monoisotopic (exact) mass is 239 g/mol. The van der Waals surface area contributed by atoms with Gasteiger partial charge in [0.25, 0.3) is 0 Å². The number of carbonyl (C=O) groups excluding carboxylic acids is 1. The summed E-state index contributed by atoms with van der Waals surface area (Å²) < 4.78 is 0. The summed E-state index contributed by atoms with van der Waals surface area (Å²) in [6, 6.07) is 0. The van der Waals surface area contributed by atoms with Crippen molar-refractivity contribution in [3.8, 4) is 0 Å². The lowest BCUT2D eigenvalue weighted by molar-refractivity contribution is -0.132. The van der Waals surface area contributed by atoms with Gasteiger partial charge in [0.05, 0.1) is 0 Å². The summed E-state index contributed by atoms with van der Waals surface area (Å²) in [6.07, 6.45) is 7.61. The molecule has 1 fully saturated rings. The second-order valence-electron chi connectivity index (χ2n) is 4.56. The Morgan fingerprint density at radius 3 is 2.94 bits per heavy atom. The van der Waals surface area contributed by atoms with Crippen molar-refractivity contribution in [3.05, 3.63) is 12.2 Å². The summed E-state index contributed by atoms with van der Waals surface area (Å²) >= 11 is 0. The number of likely N-dealkylation sites (tertiary alicyclic amines) is 1. The van der Waals surface area contributed by atoms with Gasteiger partial charge in [0, 0.05) is 25.6 Å². The first kappa shape index (κ1) is 13.7. The zero-order valence-corrected chi connectivity index (χ0v) is 10.4. The van der Waals surface area contributed by atoms with Crippen molar-refractivity contribution < 1.29 is 14.7 Å². The van der Waals surface area contributed by atoms with Crippen LogP contribution in [0.1, 0.15) is 39.0 Å². The van der Waals surface area contributed by atoms with Crippen LogP contribution in [-0.4, -0.2) is 35.0 Å². The van der Waals surface area contributed by atoms with E-state index in [0.29, 0.717) is 18.9 Å². The number of carbonyl (C=O) groups is 2. The van der Waals surface area contributed by atoms with Gasteiger partial charge in [0.15, 0.2) is 0 Å². The van der Waals surface area contributed by atoms with Crippen LogP contribution in [0, 0.1) is 5.92 Å². The molecule has 1 unspecified atom stereocenters. The summed E-state index contributed by atoms with van der Waals surface area (Å²) in [4.78, 5) is 23.9. The van der Waals surface area contributed by atoms with Gasteiger partial charge in [-0.2, -0.15) is 0 Å². The van der Waals surface area contributed by atoms with Crippen molar-refractivity contribution in [2.75, 3.05) is 13.1 Å². The quantitative estimate of drug-likeness (QED) is 0.747. The van der Waals surface area contributed by atoms with Crippen LogP contribution < -0.4 is 0 Å². The Hall–Kier alpha value is -1.32. The Morgan fingerprint density at radius 2 is 2.29 bits per heavy atom. The van der Waals surface area contributed by atoms with Crippen LogP contribution in [-0.2, 0) is 9.59 Å². The highest BCUT2D eigenvalue weighted by atomic mass is 16.4. The molecule has 96 valence electrons. The molecule has 1 heterocycles. The maximum absolute atomic E-state index is 11.8. The average Bonchev–Trinajstić information content (AvgIpc) is 2.44. The highest BCUT2D eigenvalue weighted by molar-refractivity contribution is 5.80. The molecular formula is C13H21NO3. The maximum atomic E-state index is 11.8. The van der Waals surface area contributed by atoms with Crippen LogP contribution in [0.2, 0.25) is 0 Å². The van der Waals surface area contributed by atoms with E-state index >= 15 is 0 Å². The summed E-state index contributed by atoms with van der Waals surface area (Å²) in [5.41, 5.74) is 0. The molecule has 1 amide bonds. The number of hydrogen-bond acceptors (Lipinski definition) is 2. The van der Waals surface area contributed by atoms with Crippen LogP contribution in [0.5, 0.6) is 0 Å². The number of hydrogen-bond donors (Lipinski definition) is 1. The highest BCUT2D eigenvalue weighted by Crippen LogP contribution is 2.22. The van der Waals surface area contributed by atoms with Crippen LogP contribution in [0.3, 0.4) is 0 Å². The van der Waals surface area contributed by atoms with Gasteiger partial charge in [0.1, 0.15) is 0 Å². The lowest BCUT2D eigenvalue weighted by Crippen LogP contribution is -2.30. The fourth-order valence-corrected chi connectivity index (χ4v) is 2.26. The van der Waals surface area contributed by atoms with Gasteiger partial charge >= 0.3 is 5.97 Å². The highest BCUT2D eigenvalue weighted by Gasteiger charge is 2.20. The molecule has 1 atom stereocenters. The molecule has 1 aliphatic heterocycles. The Balaban J connectivity index is 2.44. The van der Waals surface area contributed by atoms with E-state index in [1.165, 1.54) is 6.42 Å². The molecule has 4 heteroatoms. The molecule has 0 saturated carbocycles. The molecule has 1 saturated heterocycles. The van der Waals surface area contributed by atoms with Gasteiger partial charge in [-0.25, -0.2) is 4.79 Å². The molecule has 0 aromatic rings. The Morgan fingerprint density at radius 1 is 1.53 bits per heavy atom. The first-order valence-electron chi connectivity index (χ1n) is 6.30. The molecule has 0 radical (unpaired) electrons. The molecular weight excluding hydrogens is 218 g/mol. The van der Waals surface area contributed by atoms with E-state index in [-0.39, 0.29) is 5.91 Å². The Labute approximate surface area is 102 Å². The van der Waals surface area contributed by atoms with Crippen molar-refractivity contribution in [1.82, 2.24) is 4.90 Å². The first-order valence-corrected chi connectivity index (χ1v) is 6.30. The molecule has 17 heavy (non-hydrogen) atoms. The Bertz CT molecular complexity index is 299. The normalized spacial score (nSPS) is 21.8. The van der Waals surface area contributed by atoms with Gasteiger partial charge in [-0.3, -0.25) is 4.79 Å². The molecule has 1 aliphatic rings. The standard InChI is InChI=1S/C13H21NO3/c1-2-4-11-6-7-12(15)14(10-8-11)9-3-5-13(16)17/h3,5,11H,2,4,6-10H2,1H3,(H,16,17). The van der Waals surface area contributed by atoms with Crippen LogP contribution in [0.25, 0.3) is 0 Å². The lowest BCUT2D eigenvalue weighted by Gasteiger charge is -2.18. The second kappa shape index (κ2) is 7.09. The molecule has 0 aliphatic carbocycles. The largest absolute Gasteiger partial charge is 0.478 e. The van der Waals surface area contributed by atoms with Crippen LogP contribution in [0.15, 0.2) is 12.2 Å². The predicted molar refractivity (Wildman–Crippen MR) is 65.6 cm³/mol. The number of rotatable bonds is 5. The zero-order chi connectivity index (χ0) is 12.7. The van der Waals surface area contributed by atoms with Crippen LogP contribution in [0.4, 0.5) is 0 Å². The Kier molecular flexibility index (Phi) is 5.73. The number of carboxylic acids is 1. The molecule has 4 nitrogen and oxygen atoms in total. The van der Waals surface area contributed by atoms with Crippen molar-refractivity contribution in [2.45, 2.75) is 39.0 Å². The van der Waals surface area contributed by atoms with Gasteiger partial charge in [-0.15, -0.1) is 0 Å². The molecule has 0 spiro atoms. The third kappa shape index (κ3) is 5.02.